The minimum absolute atomic E-state index is 0.0511. The lowest BCUT2D eigenvalue weighted by molar-refractivity contribution is -0.139. The molecule has 156 valence electrons. The first-order chi connectivity index (χ1) is 14.5. The van der Waals surface area contributed by atoms with Crippen LogP contribution < -0.4 is 9.47 Å². The number of ketones is 1. The van der Waals surface area contributed by atoms with E-state index in [1.807, 2.05) is 13.8 Å². The lowest BCUT2D eigenvalue weighted by Gasteiger charge is -2.24. The first kappa shape index (κ1) is 21.2. The van der Waals surface area contributed by atoms with Gasteiger partial charge in [0, 0.05) is 12.1 Å². The molecule has 1 aliphatic heterocycles. The smallest absolute Gasteiger partial charge is 0.295 e. The molecule has 3 rings (SSSR count). The van der Waals surface area contributed by atoms with E-state index in [0.29, 0.717) is 35.8 Å². The molecule has 0 radical (unpaired) electrons. The van der Waals surface area contributed by atoms with Crippen LogP contribution in [-0.2, 0) is 9.59 Å². The van der Waals surface area contributed by atoms with E-state index in [9.17, 15) is 14.7 Å². The summed E-state index contributed by atoms with van der Waals surface area (Å²) in [5.41, 5.74) is 1.19. The van der Waals surface area contributed by atoms with Crippen molar-refractivity contribution in [2.24, 2.45) is 0 Å². The monoisotopic (exact) mass is 407 g/mol. The van der Waals surface area contributed by atoms with E-state index < -0.39 is 17.7 Å². The van der Waals surface area contributed by atoms with Crippen LogP contribution in [0.3, 0.4) is 0 Å². The molecule has 30 heavy (non-hydrogen) atoms. The number of likely N-dealkylation sites (tertiary alicyclic amines) is 1. The van der Waals surface area contributed by atoms with Crippen LogP contribution in [0.2, 0.25) is 0 Å². The van der Waals surface area contributed by atoms with Gasteiger partial charge in [-0.25, -0.2) is 0 Å². The number of Topliss-reactive ketones (excluding diaryl/α,β-unsaturated/α-hetero) is 1. The number of amides is 1. The Morgan fingerprint density at radius 2 is 1.53 bits per heavy atom. The normalized spacial score (nSPS) is 17.8. The molecular formula is C24H25NO5. The summed E-state index contributed by atoms with van der Waals surface area (Å²) >= 11 is 0. The molecule has 1 amide bonds. The van der Waals surface area contributed by atoms with Crippen LogP contribution in [0.1, 0.15) is 31.0 Å². The van der Waals surface area contributed by atoms with Gasteiger partial charge in [0.15, 0.2) is 0 Å². The summed E-state index contributed by atoms with van der Waals surface area (Å²) in [5.74, 6) is -0.261. The van der Waals surface area contributed by atoms with E-state index in [-0.39, 0.29) is 17.9 Å². The zero-order valence-corrected chi connectivity index (χ0v) is 17.1. The van der Waals surface area contributed by atoms with Gasteiger partial charge in [0.2, 0.25) is 0 Å². The van der Waals surface area contributed by atoms with Crippen molar-refractivity contribution in [2.75, 3.05) is 19.8 Å². The quantitative estimate of drug-likeness (QED) is 0.309. The maximum atomic E-state index is 12.8. The Hall–Kier alpha value is -3.54. The van der Waals surface area contributed by atoms with Crippen molar-refractivity contribution < 1.29 is 24.2 Å². The zero-order valence-electron chi connectivity index (χ0n) is 17.1. The van der Waals surface area contributed by atoms with Crippen LogP contribution in [0.4, 0.5) is 0 Å². The average Bonchev–Trinajstić information content (AvgIpc) is 3.00. The number of rotatable bonds is 8. The molecule has 2 aromatic rings. The molecule has 0 bridgehead atoms. The Morgan fingerprint density at radius 1 is 1.00 bits per heavy atom. The van der Waals surface area contributed by atoms with Crippen LogP contribution in [-0.4, -0.2) is 41.5 Å². The number of aliphatic hydroxyl groups excluding tert-OH is 1. The summed E-state index contributed by atoms with van der Waals surface area (Å²) in [6, 6.07) is 13.2. The minimum Gasteiger partial charge on any atom is -0.507 e. The molecule has 1 aliphatic rings. The average molecular weight is 407 g/mol. The molecule has 0 aliphatic carbocycles. The fourth-order valence-electron chi connectivity index (χ4n) is 3.50. The number of carbonyl (C=O) groups excluding carboxylic acids is 2. The highest BCUT2D eigenvalue weighted by Gasteiger charge is 2.45. The third kappa shape index (κ3) is 4.08. The van der Waals surface area contributed by atoms with E-state index in [1.54, 1.807) is 54.6 Å². The summed E-state index contributed by atoms with van der Waals surface area (Å²) in [6.07, 6.45) is 1.56. The lowest BCUT2D eigenvalue weighted by atomic mass is 9.95. The van der Waals surface area contributed by atoms with Gasteiger partial charge in [-0.05, 0) is 55.8 Å². The lowest BCUT2D eigenvalue weighted by Crippen LogP contribution is -2.29. The predicted molar refractivity (Wildman–Crippen MR) is 114 cm³/mol. The Morgan fingerprint density at radius 3 is 2.03 bits per heavy atom. The molecule has 0 saturated carbocycles. The van der Waals surface area contributed by atoms with Gasteiger partial charge >= 0.3 is 0 Å². The Bertz CT molecular complexity index is 960. The van der Waals surface area contributed by atoms with Crippen molar-refractivity contribution in [3.05, 3.63) is 77.9 Å². The first-order valence-corrected chi connectivity index (χ1v) is 9.87. The van der Waals surface area contributed by atoms with E-state index in [4.69, 9.17) is 9.47 Å². The van der Waals surface area contributed by atoms with Gasteiger partial charge in [0.25, 0.3) is 11.7 Å². The van der Waals surface area contributed by atoms with Gasteiger partial charge in [-0.2, -0.15) is 0 Å². The zero-order chi connectivity index (χ0) is 21.7. The summed E-state index contributed by atoms with van der Waals surface area (Å²) in [5, 5.41) is 11.0. The second-order valence-electron chi connectivity index (χ2n) is 6.70. The van der Waals surface area contributed by atoms with Crippen LogP contribution in [0.15, 0.2) is 66.8 Å². The summed E-state index contributed by atoms with van der Waals surface area (Å²) < 4.78 is 10.9. The number of nitrogens with zero attached hydrogens (tertiary/aromatic N) is 1. The summed E-state index contributed by atoms with van der Waals surface area (Å²) in [4.78, 5) is 26.9. The number of ether oxygens (including phenoxy) is 2. The molecular weight excluding hydrogens is 382 g/mol. The second-order valence-corrected chi connectivity index (χ2v) is 6.70. The second kappa shape index (κ2) is 9.31. The maximum absolute atomic E-state index is 12.8. The topological polar surface area (TPSA) is 76.1 Å². The van der Waals surface area contributed by atoms with Crippen molar-refractivity contribution in [1.82, 2.24) is 4.90 Å². The molecule has 1 heterocycles. The molecule has 6 nitrogen and oxygen atoms in total. The fourth-order valence-corrected chi connectivity index (χ4v) is 3.50. The molecule has 0 spiro atoms. The van der Waals surface area contributed by atoms with Crippen molar-refractivity contribution in [2.45, 2.75) is 19.9 Å². The van der Waals surface area contributed by atoms with E-state index in [2.05, 4.69) is 6.58 Å². The molecule has 6 heteroatoms. The number of hydrogen-bond donors (Lipinski definition) is 1. The van der Waals surface area contributed by atoms with E-state index in [0.717, 1.165) is 0 Å². The Balaban J connectivity index is 2.08. The summed E-state index contributed by atoms with van der Waals surface area (Å²) in [6.45, 7) is 8.70. The highest BCUT2D eigenvalue weighted by Crippen LogP contribution is 2.39. The molecule has 1 fully saturated rings. The molecule has 1 saturated heterocycles. The largest absolute Gasteiger partial charge is 0.507 e. The van der Waals surface area contributed by atoms with Crippen LogP contribution >= 0.6 is 0 Å². The van der Waals surface area contributed by atoms with Gasteiger partial charge in [0.1, 0.15) is 17.3 Å². The van der Waals surface area contributed by atoms with Crippen molar-refractivity contribution in [3.63, 3.8) is 0 Å². The fraction of sp³-hybridized carbons (Fsp3) is 0.250. The first-order valence-electron chi connectivity index (χ1n) is 9.87. The molecule has 1 N–H and O–H groups in total. The van der Waals surface area contributed by atoms with Gasteiger partial charge in [0.05, 0.1) is 24.8 Å². The minimum atomic E-state index is -0.720. The Labute approximate surface area is 176 Å². The van der Waals surface area contributed by atoms with Gasteiger partial charge < -0.3 is 19.5 Å². The predicted octanol–water partition coefficient (Wildman–Crippen LogP) is 4.09. The molecule has 0 unspecified atom stereocenters. The SMILES string of the molecule is C=CCN1C(=O)C(=O)C(=C(O)c2ccc(OCC)cc2)[C@H]1c1ccc(OCC)cc1. The van der Waals surface area contributed by atoms with E-state index >= 15 is 0 Å². The van der Waals surface area contributed by atoms with Gasteiger partial charge in [-0.3, -0.25) is 9.59 Å². The number of aliphatic hydroxyl groups is 1. The maximum Gasteiger partial charge on any atom is 0.295 e. The van der Waals surface area contributed by atoms with Crippen molar-refractivity contribution in [3.8, 4) is 11.5 Å². The van der Waals surface area contributed by atoms with Crippen LogP contribution in [0, 0.1) is 0 Å². The molecule has 2 aromatic carbocycles. The standard InChI is InChI=1S/C24H25NO5/c1-4-15-25-21(16-7-11-18(12-8-16)29-5-2)20(23(27)24(25)28)22(26)17-9-13-19(14-10-17)30-6-3/h4,7-14,21,26H,1,5-6,15H2,2-3H3/t21-/m1/s1. The Kier molecular flexibility index (Phi) is 6.57. The summed E-state index contributed by atoms with van der Waals surface area (Å²) in [7, 11) is 0. The third-order valence-electron chi connectivity index (χ3n) is 4.81. The number of hydrogen-bond acceptors (Lipinski definition) is 5. The third-order valence-corrected chi connectivity index (χ3v) is 4.81. The van der Waals surface area contributed by atoms with Crippen molar-refractivity contribution >= 4 is 17.4 Å². The van der Waals surface area contributed by atoms with Gasteiger partial charge in [-0.15, -0.1) is 6.58 Å². The van der Waals surface area contributed by atoms with Gasteiger partial charge in [-0.1, -0.05) is 18.2 Å². The van der Waals surface area contributed by atoms with E-state index in [1.165, 1.54) is 4.90 Å². The van der Waals surface area contributed by atoms with Crippen LogP contribution in [0.25, 0.3) is 5.76 Å². The number of benzene rings is 2. The molecule has 1 atom stereocenters. The highest BCUT2D eigenvalue weighted by atomic mass is 16.5. The van der Waals surface area contributed by atoms with Crippen molar-refractivity contribution in [1.29, 1.82) is 0 Å². The number of carbonyl (C=O) groups is 2. The van der Waals surface area contributed by atoms with Crippen LogP contribution in [0.5, 0.6) is 11.5 Å². The highest BCUT2D eigenvalue weighted by molar-refractivity contribution is 6.46. The molecule has 0 aromatic heterocycles.